The molecule has 0 aromatic rings. The maximum Gasteiger partial charge on any atom is 0.235 e. The van der Waals surface area contributed by atoms with Crippen LogP contribution in [0.25, 0.3) is 0 Å². The van der Waals surface area contributed by atoms with Crippen LogP contribution in [0.4, 0.5) is 0 Å². The molecule has 0 saturated carbocycles. The zero-order valence-electron chi connectivity index (χ0n) is 7.69. The van der Waals surface area contributed by atoms with E-state index in [4.69, 9.17) is 0 Å². The van der Waals surface area contributed by atoms with E-state index in [1.807, 2.05) is 13.8 Å². The van der Waals surface area contributed by atoms with Crippen molar-refractivity contribution in [3.05, 3.63) is 5.21 Å². The van der Waals surface area contributed by atoms with Crippen LogP contribution in [0.1, 0.15) is 13.8 Å². The van der Waals surface area contributed by atoms with E-state index in [1.54, 1.807) is 0 Å². The number of hydrogen-bond donors (Lipinski definition) is 0. The Kier molecular flexibility index (Phi) is 6.08. The van der Waals surface area contributed by atoms with Crippen LogP contribution < -0.4 is 0 Å². The highest BCUT2D eigenvalue weighted by molar-refractivity contribution is 4.29. The molecule has 0 N–H and O–H groups in total. The molecule has 0 amide bonds. The average molecular weight is 177 g/mol. The topological polar surface area (TPSA) is 60.1 Å². The lowest BCUT2D eigenvalue weighted by molar-refractivity contribution is -0.710. The van der Waals surface area contributed by atoms with Crippen molar-refractivity contribution in [3.8, 4) is 0 Å². The van der Waals surface area contributed by atoms with E-state index in [0.29, 0.717) is 18.1 Å². The van der Waals surface area contributed by atoms with Crippen molar-refractivity contribution in [2.45, 2.75) is 13.8 Å². The van der Waals surface area contributed by atoms with Gasteiger partial charge < -0.3 is 14.8 Å². The quantitative estimate of drug-likeness (QED) is 0.197. The van der Waals surface area contributed by atoms with Crippen LogP contribution in [-0.2, 0) is 9.57 Å². The average Bonchev–Trinajstić information content (AvgIpc) is 2.07. The van der Waals surface area contributed by atoms with Gasteiger partial charge >= 0.3 is 0 Å². The van der Waals surface area contributed by atoms with Crippen molar-refractivity contribution in [2.75, 3.05) is 27.0 Å². The van der Waals surface area contributed by atoms with Crippen molar-refractivity contribution in [2.24, 2.45) is 5.28 Å². The van der Waals surface area contributed by atoms with Gasteiger partial charge in [0, 0.05) is 7.11 Å². The Morgan fingerprint density at radius 3 is 2.42 bits per heavy atom. The minimum atomic E-state index is -0.0139. The minimum Gasteiger partial charge on any atom is -0.569 e. The molecule has 0 saturated heterocycles. The molecule has 72 valence electrons. The molecule has 0 atom stereocenters. The molecular formula is C6H15N3O3. The van der Waals surface area contributed by atoms with Crippen LogP contribution in [0.5, 0.6) is 0 Å². The van der Waals surface area contributed by atoms with E-state index < -0.39 is 0 Å². The third-order valence-electron chi connectivity index (χ3n) is 1.27. The summed E-state index contributed by atoms with van der Waals surface area (Å²) in [5, 5.41) is 15.7. The molecule has 0 spiro atoms. The van der Waals surface area contributed by atoms with Gasteiger partial charge in [-0.15, -0.1) is 5.01 Å². The van der Waals surface area contributed by atoms with E-state index in [0.717, 1.165) is 0 Å². The van der Waals surface area contributed by atoms with Gasteiger partial charge in [-0.25, -0.2) is 0 Å². The number of methoxy groups -OCH3 is 1. The Morgan fingerprint density at radius 1 is 1.42 bits per heavy atom. The summed E-state index contributed by atoms with van der Waals surface area (Å²) >= 11 is 0. The van der Waals surface area contributed by atoms with E-state index in [-0.39, 0.29) is 6.79 Å². The highest BCUT2D eigenvalue weighted by atomic mass is 16.8. The fourth-order valence-corrected chi connectivity index (χ4v) is 0.643. The summed E-state index contributed by atoms with van der Waals surface area (Å²) in [7, 11) is 1.46. The summed E-state index contributed by atoms with van der Waals surface area (Å²) in [5.41, 5.74) is 0. The second kappa shape index (κ2) is 6.66. The Hall–Kier alpha value is -1.04. The largest absolute Gasteiger partial charge is 0.569 e. The predicted molar refractivity (Wildman–Crippen MR) is 41.9 cm³/mol. The van der Waals surface area contributed by atoms with Crippen LogP contribution in [-0.4, -0.2) is 37.0 Å². The summed E-state index contributed by atoms with van der Waals surface area (Å²) in [5.74, 6) is 0. The normalized spacial score (nSPS) is 11.4. The van der Waals surface area contributed by atoms with Crippen molar-refractivity contribution >= 4 is 0 Å². The molecule has 0 aliphatic heterocycles. The number of ether oxygens (including phenoxy) is 1. The van der Waals surface area contributed by atoms with Crippen molar-refractivity contribution in [3.63, 3.8) is 0 Å². The standard InChI is InChI=1S/C6H15N3O3/c1-4-8(5-2)9(10)7-12-6-11-3/h4-6H2,1-3H3/b9-7-. The number of rotatable bonds is 6. The fraction of sp³-hybridized carbons (Fsp3) is 1.00. The Bertz CT molecular complexity index is 136. The smallest absolute Gasteiger partial charge is 0.235 e. The predicted octanol–water partition coefficient (Wildman–Crippen LogP) is 0.741. The zero-order chi connectivity index (χ0) is 9.40. The zero-order valence-corrected chi connectivity index (χ0v) is 7.69. The summed E-state index contributed by atoms with van der Waals surface area (Å²) in [6.07, 6.45) is 0. The van der Waals surface area contributed by atoms with E-state index >= 15 is 0 Å². The molecule has 0 fully saturated rings. The first-order valence-corrected chi connectivity index (χ1v) is 3.80. The molecule has 0 rings (SSSR count). The molecule has 0 unspecified atom stereocenters. The van der Waals surface area contributed by atoms with Crippen LogP contribution >= 0.6 is 0 Å². The monoisotopic (exact) mass is 177 g/mol. The summed E-state index contributed by atoms with van der Waals surface area (Å²) in [4.78, 5) is 4.92. The van der Waals surface area contributed by atoms with Gasteiger partial charge in [-0.1, -0.05) is 0 Å². The Morgan fingerprint density at radius 2 is 2.00 bits per heavy atom. The third kappa shape index (κ3) is 3.97. The van der Waals surface area contributed by atoms with Crippen LogP contribution in [0.2, 0.25) is 0 Å². The lowest BCUT2D eigenvalue weighted by atomic mass is 10.6. The molecule has 6 heteroatoms. The first kappa shape index (κ1) is 11.0. The number of hydrazine groups is 1. The van der Waals surface area contributed by atoms with Crippen molar-refractivity contribution < 1.29 is 14.5 Å². The second-order valence-electron chi connectivity index (χ2n) is 2.01. The minimum absolute atomic E-state index is 0.0139. The van der Waals surface area contributed by atoms with E-state index in [2.05, 4.69) is 14.9 Å². The summed E-state index contributed by atoms with van der Waals surface area (Å²) in [6, 6.07) is 0. The highest BCUT2D eigenvalue weighted by Crippen LogP contribution is 1.89. The number of hydrogen-bond acceptors (Lipinski definition) is 4. The summed E-state index contributed by atoms with van der Waals surface area (Å²) in [6.45, 7) is 4.90. The molecule has 0 heterocycles. The molecular weight excluding hydrogens is 162 g/mol. The Balaban J connectivity index is 3.79. The molecule has 0 aromatic carbocycles. The lowest BCUT2D eigenvalue weighted by Crippen LogP contribution is -2.30. The third-order valence-corrected chi connectivity index (χ3v) is 1.27. The molecule has 0 aromatic heterocycles. The lowest BCUT2D eigenvalue weighted by Gasteiger charge is -2.12. The van der Waals surface area contributed by atoms with Crippen LogP contribution in [0, 0.1) is 5.21 Å². The number of nitrogens with zero attached hydrogens (tertiary/aromatic N) is 3. The highest BCUT2D eigenvalue weighted by Gasteiger charge is 2.05. The van der Waals surface area contributed by atoms with Gasteiger partial charge in [0.05, 0.1) is 18.1 Å². The fourth-order valence-electron chi connectivity index (χ4n) is 0.643. The maximum absolute atomic E-state index is 11.0. The van der Waals surface area contributed by atoms with Crippen LogP contribution in [0.3, 0.4) is 0 Å². The SMILES string of the molecule is CCN(CC)/[N+]([O-])=N/OCOC. The second-order valence-corrected chi connectivity index (χ2v) is 2.01. The van der Waals surface area contributed by atoms with Gasteiger partial charge in [0.25, 0.3) is 0 Å². The molecule has 0 bridgehead atoms. The van der Waals surface area contributed by atoms with Crippen molar-refractivity contribution in [1.82, 2.24) is 5.01 Å². The molecule has 0 aliphatic carbocycles. The molecule has 0 radical (unpaired) electrons. The maximum atomic E-state index is 11.0. The van der Waals surface area contributed by atoms with E-state index in [9.17, 15) is 5.21 Å². The molecule has 0 aliphatic rings. The van der Waals surface area contributed by atoms with Gasteiger partial charge in [-0.05, 0) is 13.8 Å². The molecule has 6 nitrogen and oxygen atoms in total. The van der Waals surface area contributed by atoms with Crippen LogP contribution in [0.15, 0.2) is 5.28 Å². The summed E-state index contributed by atoms with van der Waals surface area (Å²) < 4.78 is 4.54. The van der Waals surface area contributed by atoms with Gasteiger partial charge in [-0.3, -0.25) is 0 Å². The van der Waals surface area contributed by atoms with Gasteiger partial charge in [0.15, 0.2) is 0 Å². The van der Waals surface area contributed by atoms with Gasteiger partial charge in [0.1, 0.15) is 0 Å². The van der Waals surface area contributed by atoms with Gasteiger partial charge in [-0.2, -0.15) is 0 Å². The van der Waals surface area contributed by atoms with Crippen molar-refractivity contribution in [1.29, 1.82) is 0 Å². The first-order valence-electron chi connectivity index (χ1n) is 3.80. The van der Waals surface area contributed by atoms with E-state index in [1.165, 1.54) is 12.1 Å². The Labute approximate surface area is 71.9 Å². The first-order chi connectivity index (χ1) is 5.76. The van der Waals surface area contributed by atoms with Gasteiger partial charge in [0.2, 0.25) is 12.1 Å². The molecule has 12 heavy (non-hydrogen) atoms.